The summed E-state index contributed by atoms with van der Waals surface area (Å²) in [5, 5.41) is 0. The van der Waals surface area contributed by atoms with E-state index in [4.69, 9.17) is 4.74 Å². The molecule has 3 saturated heterocycles. The highest BCUT2D eigenvalue weighted by Crippen LogP contribution is 2.54. The van der Waals surface area contributed by atoms with Crippen LogP contribution in [0.4, 0.5) is 0 Å². The van der Waals surface area contributed by atoms with Gasteiger partial charge in [-0.25, -0.2) is 4.79 Å². The van der Waals surface area contributed by atoms with Gasteiger partial charge in [-0.3, -0.25) is 9.36 Å². The second-order valence-electron chi connectivity index (χ2n) is 8.79. The minimum Gasteiger partial charge on any atom is -0.369 e. The molecular formula is C20H30N4O3. The molecule has 1 amide bonds. The summed E-state index contributed by atoms with van der Waals surface area (Å²) in [5.74, 6) is 1.06. The molecular weight excluding hydrogens is 344 g/mol. The lowest BCUT2D eigenvalue weighted by Gasteiger charge is -2.30. The van der Waals surface area contributed by atoms with E-state index in [1.54, 1.807) is 4.57 Å². The first-order valence-corrected chi connectivity index (χ1v) is 9.94. The van der Waals surface area contributed by atoms with Crippen molar-refractivity contribution >= 4 is 5.91 Å². The highest BCUT2D eigenvalue weighted by molar-refractivity contribution is 5.76. The molecule has 7 heteroatoms. The van der Waals surface area contributed by atoms with Crippen LogP contribution in [0.2, 0.25) is 0 Å². The Morgan fingerprint density at radius 1 is 1.41 bits per heavy atom. The van der Waals surface area contributed by atoms with E-state index in [-0.39, 0.29) is 17.2 Å². The van der Waals surface area contributed by atoms with Gasteiger partial charge >= 0.3 is 5.69 Å². The first-order valence-electron chi connectivity index (χ1n) is 9.94. The van der Waals surface area contributed by atoms with E-state index in [1.165, 1.54) is 0 Å². The Kier molecular flexibility index (Phi) is 4.63. The molecule has 3 aliphatic heterocycles. The van der Waals surface area contributed by atoms with Crippen LogP contribution in [0.3, 0.4) is 0 Å². The van der Waals surface area contributed by atoms with Gasteiger partial charge in [0.25, 0.3) is 0 Å². The number of fused-ring (bicyclic) bond motifs is 1. The maximum Gasteiger partial charge on any atom is 0.347 e. The van der Waals surface area contributed by atoms with Crippen molar-refractivity contribution in [1.29, 1.82) is 0 Å². The Bertz CT molecular complexity index is 805. The first-order chi connectivity index (χ1) is 12.8. The minimum absolute atomic E-state index is 0.112. The van der Waals surface area contributed by atoms with Crippen LogP contribution in [0.5, 0.6) is 0 Å². The van der Waals surface area contributed by atoms with E-state index < -0.39 is 0 Å². The van der Waals surface area contributed by atoms with E-state index in [2.05, 4.69) is 24.0 Å². The predicted molar refractivity (Wildman–Crippen MR) is 102 cm³/mol. The molecule has 0 radical (unpaired) electrons. The van der Waals surface area contributed by atoms with Crippen LogP contribution >= 0.6 is 0 Å². The number of likely N-dealkylation sites (tertiary alicyclic amines) is 1. The maximum absolute atomic E-state index is 12.9. The zero-order valence-corrected chi connectivity index (χ0v) is 16.8. The van der Waals surface area contributed by atoms with E-state index >= 15 is 0 Å². The van der Waals surface area contributed by atoms with Gasteiger partial charge in [0, 0.05) is 49.3 Å². The summed E-state index contributed by atoms with van der Waals surface area (Å²) in [6, 6.07) is 1.88. The lowest BCUT2D eigenvalue weighted by molar-refractivity contribution is -0.132. The number of aryl methyl sites for hydroxylation is 2. The third-order valence-electron chi connectivity index (χ3n) is 6.61. The highest BCUT2D eigenvalue weighted by atomic mass is 16.5. The molecule has 4 atom stereocenters. The molecule has 2 bridgehead atoms. The van der Waals surface area contributed by atoms with Gasteiger partial charge in [0.15, 0.2) is 0 Å². The molecule has 0 unspecified atom stereocenters. The molecule has 4 rings (SSSR count). The standard InChI is InChI=1S/C20H30N4O3/c1-13-9-14(2)24(19(26)21-13)8-6-18(25)23-11-16-15(10-22(3)4)17-5-7-20(16,12-23)27-17/h9,15-17H,5-8,10-12H2,1-4H3/t15-,16+,17+,20+/m1/s1. The average Bonchev–Trinajstić information content (AvgIpc) is 3.23. The SMILES string of the molecule is Cc1cc(C)n(CCC(=O)N2C[C@H]3[C@@H](CN(C)C)[C@@H]4CC[C@@]3(C2)O4)c(=O)n1. The fraction of sp³-hybridized carbons (Fsp3) is 0.750. The fourth-order valence-corrected chi connectivity index (χ4v) is 5.46. The molecule has 3 fully saturated rings. The van der Waals surface area contributed by atoms with Crippen molar-refractivity contribution < 1.29 is 9.53 Å². The predicted octanol–water partition coefficient (Wildman–Crippen LogP) is 0.818. The number of ether oxygens (including phenoxy) is 1. The summed E-state index contributed by atoms with van der Waals surface area (Å²) in [5.41, 5.74) is 1.17. The van der Waals surface area contributed by atoms with Crippen LogP contribution in [0, 0.1) is 25.7 Å². The zero-order valence-electron chi connectivity index (χ0n) is 16.8. The molecule has 27 heavy (non-hydrogen) atoms. The third kappa shape index (κ3) is 3.21. The number of hydrogen-bond acceptors (Lipinski definition) is 5. The maximum atomic E-state index is 12.9. The first kappa shape index (κ1) is 18.6. The van der Waals surface area contributed by atoms with Crippen molar-refractivity contribution in [2.45, 2.75) is 51.4 Å². The summed E-state index contributed by atoms with van der Waals surface area (Å²) in [6.07, 6.45) is 2.86. The molecule has 0 saturated carbocycles. The number of amides is 1. The number of hydrogen-bond donors (Lipinski definition) is 0. The molecule has 0 aliphatic carbocycles. The molecule has 7 nitrogen and oxygen atoms in total. The molecule has 0 aromatic carbocycles. The lowest BCUT2D eigenvalue weighted by atomic mass is 9.73. The Morgan fingerprint density at radius 3 is 2.89 bits per heavy atom. The normalized spacial score (nSPS) is 31.7. The van der Waals surface area contributed by atoms with Crippen LogP contribution < -0.4 is 5.69 Å². The lowest BCUT2D eigenvalue weighted by Crippen LogP contribution is -2.40. The van der Waals surface area contributed by atoms with Crippen LogP contribution in [0.15, 0.2) is 10.9 Å². The number of aromatic nitrogens is 2. The Balaban J connectivity index is 1.42. The van der Waals surface area contributed by atoms with Crippen LogP contribution in [-0.2, 0) is 16.1 Å². The summed E-state index contributed by atoms with van der Waals surface area (Å²) in [4.78, 5) is 33.1. The van der Waals surface area contributed by atoms with E-state index in [1.807, 2.05) is 24.8 Å². The summed E-state index contributed by atoms with van der Waals surface area (Å²) < 4.78 is 8.00. The van der Waals surface area contributed by atoms with Gasteiger partial charge in [-0.1, -0.05) is 0 Å². The Hall–Kier alpha value is -1.73. The van der Waals surface area contributed by atoms with E-state index in [0.717, 1.165) is 31.6 Å². The summed E-state index contributed by atoms with van der Waals surface area (Å²) in [7, 11) is 4.21. The molecule has 0 N–H and O–H groups in total. The van der Waals surface area contributed by atoms with Crippen molar-refractivity contribution in [3.8, 4) is 0 Å². The van der Waals surface area contributed by atoms with Gasteiger partial charge in [-0.05, 0) is 46.9 Å². The molecule has 3 aliphatic rings. The van der Waals surface area contributed by atoms with Crippen molar-refractivity contribution in [1.82, 2.24) is 19.4 Å². The number of nitrogens with zero attached hydrogens (tertiary/aromatic N) is 4. The van der Waals surface area contributed by atoms with Crippen LogP contribution in [0.25, 0.3) is 0 Å². The van der Waals surface area contributed by atoms with Crippen LogP contribution in [0.1, 0.15) is 30.7 Å². The average molecular weight is 374 g/mol. The minimum atomic E-state index is -0.273. The van der Waals surface area contributed by atoms with Gasteiger partial charge in [-0.15, -0.1) is 0 Å². The van der Waals surface area contributed by atoms with Crippen molar-refractivity contribution in [2.24, 2.45) is 11.8 Å². The molecule has 1 spiro atoms. The van der Waals surface area contributed by atoms with Gasteiger partial charge in [0.2, 0.25) is 5.91 Å². The van der Waals surface area contributed by atoms with Crippen molar-refractivity contribution in [3.63, 3.8) is 0 Å². The highest BCUT2D eigenvalue weighted by Gasteiger charge is 2.63. The van der Waals surface area contributed by atoms with E-state index in [9.17, 15) is 9.59 Å². The van der Waals surface area contributed by atoms with E-state index in [0.29, 0.717) is 43.1 Å². The molecule has 148 valence electrons. The van der Waals surface area contributed by atoms with Crippen molar-refractivity contribution in [2.75, 3.05) is 33.7 Å². The number of carbonyl (C=O) groups is 1. The smallest absolute Gasteiger partial charge is 0.347 e. The quantitative estimate of drug-likeness (QED) is 0.763. The van der Waals surface area contributed by atoms with Gasteiger partial charge < -0.3 is 14.5 Å². The Morgan fingerprint density at radius 2 is 2.19 bits per heavy atom. The van der Waals surface area contributed by atoms with Crippen LogP contribution in [-0.4, -0.2) is 70.7 Å². The zero-order chi connectivity index (χ0) is 19.3. The second-order valence-corrected chi connectivity index (χ2v) is 8.79. The van der Waals surface area contributed by atoms with Crippen molar-refractivity contribution in [3.05, 3.63) is 27.9 Å². The fourth-order valence-electron chi connectivity index (χ4n) is 5.46. The molecule has 1 aromatic rings. The molecule has 1 aromatic heterocycles. The Labute approximate surface area is 160 Å². The van der Waals surface area contributed by atoms with Gasteiger partial charge in [0.05, 0.1) is 18.2 Å². The third-order valence-corrected chi connectivity index (χ3v) is 6.61. The summed E-state index contributed by atoms with van der Waals surface area (Å²) >= 11 is 0. The topological polar surface area (TPSA) is 67.7 Å². The van der Waals surface area contributed by atoms with Gasteiger partial charge in [-0.2, -0.15) is 4.98 Å². The summed E-state index contributed by atoms with van der Waals surface area (Å²) in [6.45, 7) is 6.59. The number of carbonyl (C=O) groups excluding carboxylic acids is 1. The molecule has 4 heterocycles. The largest absolute Gasteiger partial charge is 0.369 e. The second kappa shape index (κ2) is 6.71. The number of rotatable bonds is 5. The van der Waals surface area contributed by atoms with Gasteiger partial charge in [0.1, 0.15) is 0 Å². The monoisotopic (exact) mass is 374 g/mol.